The first-order valence-electron chi connectivity index (χ1n) is 4.28. The van der Waals surface area contributed by atoms with Crippen LogP contribution in [0.25, 0.3) is 10.2 Å². The molecule has 0 atom stereocenters. The summed E-state index contributed by atoms with van der Waals surface area (Å²) < 4.78 is 1.25. The van der Waals surface area contributed by atoms with Gasteiger partial charge in [0.1, 0.15) is 5.01 Å². The van der Waals surface area contributed by atoms with Crippen molar-refractivity contribution < 1.29 is 0 Å². The van der Waals surface area contributed by atoms with E-state index in [2.05, 4.69) is 30.1 Å². The number of hydrogen-bond donors (Lipinski definition) is 0. The van der Waals surface area contributed by atoms with Gasteiger partial charge in [-0.05, 0) is 18.1 Å². The van der Waals surface area contributed by atoms with Crippen LogP contribution in [0, 0.1) is 0 Å². The summed E-state index contributed by atoms with van der Waals surface area (Å²) in [6, 6.07) is 6.31. The van der Waals surface area contributed by atoms with E-state index in [-0.39, 0.29) is 0 Å². The number of fused-ring (bicyclic) bond motifs is 1. The molecule has 1 heterocycles. The van der Waals surface area contributed by atoms with Crippen molar-refractivity contribution in [1.29, 1.82) is 0 Å². The topological polar surface area (TPSA) is 12.9 Å². The molecular formula is C10H10ClNS. The van der Waals surface area contributed by atoms with Crippen LogP contribution in [-0.2, 0) is 12.3 Å². The van der Waals surface area contributed by atoms with Crippen molar-refractivity contribution in [2.45, 2.75) is 19.2 Å². The Bertz CT molecular complexity index is 422. The van der Waals surface area contributed by atoms with Gasteiger partial charge in [0.25, 0.3) is 0 Å². The molecule has 0 N–H and O–H groups in total. The van der Waals surface area contributed by atoms with Crippen LogP contribution in [0.3, 0.4) is 0 Å². The highest BCUT2D eigenvalue weighted by Crippen LogP contribution is 2.25. The molecule has 0 aliphatic carbocycles. The molecule has 0 radical (unpaired) electrons. The third-order valence-corrected chi connectivity index (χ3v) is 3.47. The van der Waals surface area contributed by atoms with Gasteiger partial charge in [0.2, 0.25) is 0 Å². The zero-order chi connectivity index (χ0) is 9.26. The Morgan fingerprint density at radius 1 is 1.46 bits per heavy atom. The zero-order valence-corrected chi connectivity index (χ0v) is 8.95. The first-order valence-corrected chi connectivity index (χ1v) is 5.63. The van der Waals surface area contributed by atoms with E-state index in [0.29, 0.717) is 5.88 Å². The summed E-state index contributed by atoms with van der Waals surface area (Å²) in [4.78, 5) is 4.49. The van der Waals surface area contributed by atoms with Crippen LogP contribution < -0.4 is 0 Å². The number of thiazole rings is 1. The summed E-state index contributed by atoms with van der Waals surface area (Å²) in [5.74, 6) is 0.516. The van der Waals surface area contributed by atoms with Crippen LogP contribution in [0.15, 0.2) is 18.2 Å². The molecule has 2 aromatic rings. The van der Waals surface area contributed by atoms with E-state index in [1.165, 1.54) is 10.3 Å². The molecule has 0 saturated carbocycles. The van der Waals surface area contributed by atoms with E-state index in [4.69, 9.17) is 11.6 Å². The number of hydrogen-bond acceptors (Lipinski definition) is 2. The van der Waals surface area contributed by atoms with Crippen LogP contribution in [0.2, 0.25) is 0 Å². The highest BCUT2D eigenvalue weighted by atomic mass is 35.5. The summed E-state index contributed by atoms with van der Waals surface area (Å²) in [7, 11) is 0. The van der Waals surface area contributed by atoms with Crippen molar-refractivity contribution in [2.24, 2.45) is 0 Å². The van der Waals surface area contributed by atoms with Gasteiger partial charge in [0.15, 0.2) is 0 Å². The Morgan fingerprint density at radius 3 is 3.00 bits per heavy atom. The minimum absolute atomic E-state index is 0.516. The van der Waals surface area contributed by atoms with E-state index >= 15 is 0 Å². The lowest BCUT2D eigenvalue weighted by Gasteiger charge is -1.95. The number of aromatic nitrogens is 1. The standard InChI is InChI=1S/C10H10ClNS/c1-2-7-4-3-5-8-10(7)12-9(6-11)13-8/h3-5H,2,6H2,1H3. The fourth-order valence-corrected chi connectivity index (χ4v) is 2.48. The molecular weight excluding hydrogens is 202 g/mol. The lowest BCUT2D eigenvalue weighted by atomic mass is 10.1. The molecule has 0 bridgehead atoms. The molecule has 2 rings (SSSR count). The second-order valence-electron chi connectivity index (χ2n) is 2.86. The van der Waals surface area contributed by atoms with Crippen molar-refractivity contribution >= 4 is 33.2 Å². The van der Waals surface area contributed by atoms with Crippen molar-refractivity contribution in [3.05, 3.63) is 28.8 Å². The van der Waals surface area contributed by atoms with E-state index in [9.17, 15) is 0 Å². The predicted octanol–water partition coefficient (Wildman–Crippen LogP) is 3.60. The number of halogens is 1. The second-order valence-corrected chi connectivity index (χ2v) is 4.24. The molecule has 0 amide bonds. The van der Waals surface area contributed by atoms with Crippen molar-refractivity contribution in [1.82, 2.24) is 4.98 Å². The smallest absolute Gasteiger partial charge is 0.109 e. The minimum Gasteiger partial charge on any atom is -0.240 e. The Balaban J connectivity index is 2.67. The number of para-hydroxylation sites is 1. The van der Waals surface area contributed by atoms with Gasteiger partial charge in [-0.1, -0.05) is 19.1 Å². The average Bonchev–Trinajstić information content (AvgIpc) is 2.59. The van der Waals surface area contributed by atoms with Gasteiger partial charge in [-0.3, -0.25) is 0 Å². The summed E-state index contributed by atoms with van der Waals surface area (Å²) in [6.07, 6.45) is 1.03. The highest BCUT2D eigenvalue weighted by Gasteiger charge is 2.05. The fraction of sp³-hybridized carbons (Fsp3) is 0.300. The molecule has 0 fully saturated rings. The second kappa shape index (κ2) is 3.64. The lowest BCUT2D eigenvalue weighted by molar-refractivity contribution is 1.14. The molecule has 68 valence electrons. The molecule has 3 heteroatoms. The van der Waals surface area contributed by atoms with E-state index < -0.39 is 0 Å². The maximum atomic E-state index is 5.74. The average molecular weight is 212 g/mol. The third kappa shape index (κ3) is 1.56. The molecule has 0 unspecified atom stereocenters. The maximum absolute atomic E-state index is 5.74. The van der Waals surface area contributed by atoms with Gasteiger partial charge in [-0.15, -0.1) is 22.9 Å². The molecule has 1 nitrogen and oxygen atoms in total. The number of aryl methyl sites for hydroxylation is 1. The van der Waals surface area contributed by atoms with Gasteiger partial charge >= 0.3 is 0 Å². The monoisotopic (exact) mass is 211 g/mol. The van der Waals surface area contributed by atoms with Crippen molar-refractivity contribution in [3.8, 4) is 0 Å². The molecule has 1 aromatic heterocycles. The first-order chi connectivity index (χ1) is 6.35. The Labute approximate surface area is 86.4 Å². The molecule has 0 spiro atoms. The number of rotatable bonds is 2. The molecule has 0 saturated heterocycles. The van der Waals surface area contributed by atoms with Gasteiger partial charge in [0, 0.05) is 0 Å². The summed E-state index contributed by atoms with van der Waals surface area (Å²) in [5.41, 5.74) is 2.44. The zero-order valence-electron chi connectivity index (χ0n) is 7.38. The minimum atomic E-state index is 0.516. The lowest BCUT2D eigenvalue weighted by Crippen LogP contribution is -1.82. The van der Waals surface area contributed by atoms with E-state index in [1.54, 1.807) is 11.3 Å². The van der Waals surface area contributed by atoms with Gasteiger partial charge in [0.05, 0.1) is 16.1 Å². The largest absolute Gasteiger partial charge is 0.240 e. The molecule has 0 aliphatic heterocycles. The van der Waals surface area contributed by atoms with E-state index in [0.717, 1.165) is 16.9 Å². The van der Waals surface area contributed by atoms with Crippen LogP contribution in [-0.4, -0.2) is 4.98 Å². The quantitative estimate of drug-likeness (QED) is 0.692. The first kappa shape index (κ1) is 8.97. The fourth-order valence-electron chi connectivity index (χ4n) is 1.39. The van der Waals surface area contributed by atoms with E-state index in [1.807, 2.05) is 0 Å². The van der Waals surface area contributed by atoms with Gasteiger partial charge in [-0.25, -0.2) is 4.98 Å². The van der Waals surface area contributed by atoms with Crippen LogP contribution in [0.5, 0.6) is 0 Å². The third-order valence-electron chi connectivity index (χ3n) is 2.04. The van der Waals surface area contributed by atoms with Crippen LogP contribution in [0.4, 0.5) is 0 Å². The normalized spacial score (nSPS) is 10.9. The number of alkyl halides is 1. The summed E-state index contributed by atoms with van der Waals surface area (Å²) in [5, 5.41) is 1.01. The van der Waals surface area contributed by atoms with Crippen LogP contribution in [0.1, 0.15) is 17.5 Å². The SMILES string of the molecule is CCc1cccc2sc(CCl)nc12. The Hall–Kier alpha value is -0.600. The van der Waals surface area contributed by atoms with Crippen LogP contribution >= 0.6 is 22.9 Å². The predicted molar refractivity (Wildman–Crippen MR) is 58.6 cm³/mol. The van der Waals surface area contributed by atoms with Gasteiger partial charge < -0.3 is 0 Å². The molecule has 1 aromatic carbocycles. The van der Waals surface area contributed by atoms with Crippen molar-refractivity contribution in [2.75, 3.05) is 0 Å². The Morgan fingerprint density at radius 2 is 2.31 bits per heavy atom. The van der Waals surface area contributed by atoms with Crippen molar-refractivity contribution in [3.63, 3.8) is 0 Å². The molecule has 13 heavy (non-hydrogen) atoms. The molecule has 0 aliphatic rings. The summed E-state index contributed by atoms with van der Waals surface area (Å²) >= 11 is 7.43. The van der Waals surface area contributed by atoms with Gasteiger partial charge in [-0.2, -0.15) is 0 Å². The summed E-state index contributed by atoms with van der Waals surface area (Å²) in [6.45, 7) is 2.15. The number of nitrogens with zero attached hydrogens (tertiary/aromatic N) is 1. The highest BCUT2D eigenvalue weighted by molar-refractivity contribution is 7.18. The maximum Gasteiger partial charge on any atom is 0.109 e. The Kier molecular flexibility index (Phi) is 2.51. The number of benzene rings is 1.